The summed E-state index contributed by atoms with van der Waals surface area (Å²) in [5.41, 5.74) is 1.31. The predicted octanol–water partition coefficient (Wildman–Crippen LogP) is 3.78. The highest BCUT2D eigenvalue weighted by molar-refractivity contribution is 6.13. The number of hydrogen-bond donors (Lipinski definition) is 0. The first-order valence-electron chi connectivity index (χ1n) is 6.96. The van der Waals surface area contributed by atoms with E-state index in [1.165, 1.54) is 24.3 Å². The molecule has 6 heteroatoms. The summed E-state index contributed by atoms with van der Waals surface area (Å²) < 4.78 is 18.9. The van der Waals surface area contributed by atoms with E-state index >= 15 is 0 Å². The number of ketones is 1. The van der Waals surface area contributed by atoms with Gasteiger partial charge in [0.05, 0.1) is 17.1 Å². The van der Waals surface area contributed by atoms with Crippen molar-refractivity contribution in [2.75, 3.05) is 6.61 Å². The Bertz CT molecular complexity index is 812. The molecule has 3 rings (SSSR count). The molecule has 0 radical (unpaired) electrons. The van der Waals surface area contributed by atoms with Gasteiger partial charge in [-0.3, -0.25) is 14.9 Å². The van der Waals surface area contributed by atoms with Crippen LogP contribution in [-0.4, -0.2) is 17.3 Å². The molecule has 1 heterocycles. The number of carbonyl (C=O) groups is 1. The minimum absolute atomic E-state index is 0.0184. The highest BCUT2D eigenvalue weighted by atomic mass is 19.1. The highest BCUT2D eigenvalue weighted by Crippen LogP contribution is 2.28. The van der Waals surface area contributed by atoms with Crippen LogP contribution in [0.4, 0.5) is 10.1 Å². The number of nitrogens with zero attached hydrogens (tertiary/aromatic N) is 1. The number of hydrogen-bond acceptors (Lipinski definition) is 4. The molecule has 1 aliphatic rings. The van der Waals surface area contributed by atoms with Gasteiger partial charge in [-0.2, -0.15) is 0 Å². The molecule has 0 bridgehead atoms. The van der Waals surface area contributed by atoms with Crippen molar-refractivity contribution in [3.05, 3.63) is 75.1 Å². The van der Waals surface area contributed by atoms with Crippen LogP contribution in [0.15, 0.2) is 48.0 Å². The summed E-state index contributed by atoms with van der Waals surface area (Å²) in [5, 5.41) is 10.7. The Morgan fingerprint density at radius 1 is 1.17 bits per heavy atom. The lowest BCUT2D eigenvalue weighted by Crippen LogP contribution is -2.02. The number of nitro groups is 1. The van der Waals surface area contributed by atoms with Gasteiger partial charge < -0.3 is 4.74 Å². The van der Waals surface area contributed by atoms with E-state index in [2.05, 4.69) is 0 Å². The van der Waals surface area contributed by atoms with Crippen LogP contribution in [0, 0.1) is 15.9 Å². The Balaban J connectivity index is 1.96. The van der Waals surface area contributed by atoms with Gasteiger partial charge in [0.25, 0.3) is 5.69 Å². The molecule has 0 spiro atoms. The molecule has 0 amide bonds. The maximum atomic E-state index is 13.4. The summed E-state index contributed by atoms with van der Waals surface area (Å²) in [7, 11) is 0. The molecule has 0 N–H and O–H groups in total. The fourth-order valence-electron chi connectivity index (χ4n) is 2.39. The summed E-state index contributed by atoms with van der Waals surface area (Å²) in [6, 6.07) is 9.73. The number of fused-ring (bicyclic) bond motifs is 1. The summed E-state index contributed by atoms with van der Waals surface area (Å²) in [6.07, 6.45) is 2.03. The normalized spacial score (nSPS) is 15.7. The molecular formula is C17H12FNO4. The molecule has 23 heavy (non-hydrogen) atoms. The summed E-state index contributed by atoms with van der Waals surface area (Å²) in [4.78, 5) is 22.7. The van der Waals surface area contributed by atoms with E-state index in [9.17, 15) is 19.3 Å². The topological polar surface area (TPSA) is 69.4 Å². The van der Waals surface area contributed by atoms with Crippen LogP contribution in [0.5, 0.6) is 5.75 Å². The number of ether oxygens (including phenoxy) is 1. The van der Waals surface area contributed by atoms with E-state index in [1.54, 1.807) is 18.2 Å². The molecule has 0 saturated carbocycles. The average Bonchev–Trinajstić information content (AvgIpc) is 2.68. The zero-order valence-corrected chi connectivity index (χ0v) is 12.0. The van der Waals surface area contributed by atoms with E-state index in [1.807, 2.05) is 0 Å². The van der Waals surface area contributed by atoms with Crippen molar-refractivity contribution in [2.45, 2.75) is 6.42 Å². The molecule has 0 aliphatic carbocycles. The van der Waals surface area contributed by atoms with Crippen LogP contribution in [0.3, 0.4) is 0 Å². The Labute approximate surface area is 131 Å². The quantitative estimate of drug-likeness (QED) is 0.480. The molecule has 0 fully saturated rings. The number of non-ortho nitro benzene ring substituents is 1. The average molecular weight is 313 g/mol. The van der Waals surface area contributed by atoms with Crippen molar-refractivity contribution in [1.29, 1.82) is 0 Å². The van der Waals surface area contributed by atoms with Crippen LogP contribution < -0.4 is 4.74 Å². The van der Waals surface area contributed by atoms with Crippen molar-refractivity contribution in [2.24, 2.45) is 0 Å². The molecule has 5 nitrogen and oxygen atoms in total. The molecule has 2 aromatic carbocycles. The molecular weight excluding hydrogens is 301 g/mol. The zero-order chi connectivity index (χ0) is 16.4. The van der Waals surface area contributed by atoms with Gasteiger partial charge in [0.1, 0.15) is 11.6 Å². The van der Waals surface area contributed by atoms with Crippen LogP contribution in [-0.2, 0) is 0 Å². The van der Waals surface area contributed by atoms with Crippen LogP contribution >= 0.6 is 0 Å². The van der Waals surface area contributed by atoms with Crippen LogP contribution in [0.25, 0.3) is 6.08 Å². The van der Waals surface area contributed by atoms with Gasteiger partial charge in [0, 0.05) is 24.1 Å². The Morgan fingerprint density at radius 3 is 2.61 bits per heavy atom. The van der Waals surface area contributed by atoms with Crippen LogP contribution in [0.1, 0.15) is 22.3 Å². The fourth-order valence-corrected chi connectivity index (χ4v) is 2.39. The number of rotatable bonds is 2. The van der Waals surface area contributed by atoms with Gasteiger partial charge in [0.2, 0.25) is 0 Å². The summed E-state index contributed by atoms with van der Waals surface area (Å²) in [6.45, 7) is 0.309. The molecule has 2 aromatic rings. The molecule has 0 aromatic heterocycles. The first-order valence-corrected chi connectivity index (χ1v) is 6.96. The van der Waals surface area contributed by atoms with Crippen molar-refractivity contribution >= 4 is 17.5 Å². The van der Waals surface area contributed by atoms with Gasteiger partial charge in [-0.25, -0.2) is 4.39 Å². The number of halogens is 1. The van der Waals surface area contributed by atoms with Gasteiger partial charge in [-0.05, 0) is 42.0 Å². The van der Waals surface area contributed by atoms with E-state index in [4.69, 9.17) is 4.74 Å². The van der Waals surface area contributed by atoms with Gasteiger partial charge in [0.15, 0.2) is 5.78 Å². The molecule has 0 saturated heterocycles. The molecule has 116 valence electrons. The predicted molar refractivity (Wildman–Crippen MR) is 81.9 cm³/mol. The van der Waals surface area contributed by atoms with Gasteiger partial charge in [-0.1, -0.05) is 0 Å². The summed E-state index contributed by atoms with van der Waals surface area (Å²) >= 11 is 0. The Kier molecular flexibility index (Phi) is 3.89. The zero-order valence-electron chi connectivity index (χ0n) is 12.0. The van der Waals surface area contributed by atoms with Crippen LogP contribution in [0.2, 0.25) is 0 Å². The van der Waals surface area contributed by atoms with Gasteiger partial charge in [-0.15, -0.1) is 0 Å². The van der Waals surface area contributed by atoms with E-state index in [-0.39, 0.29) is 17.0 Å². The lowest BCUT2D eigenvalue weighted by Gasteiger charge is -2.05. The summed E-state index contributed by atoms with van der Waals surface area (Å²) in [5.74, 6) is -0.434. The number of Topliss-reactive ketones (excluding diaryl/α,β-unsaturated/α-hetero) is 1. The van der Waals surface area contributed by atoms with E-state index in [0.717, 1.165) is 6.07 Å². The Hall–Kier alpha value is -3.02. The second kappa shape index (κ2) is 6.00. The second-order valence-electron chi connectivity index (χ2n) is 5.09. The third-order valence-corrected chi connectivity index (χ3v) is 3.55. The number of benzene rings is 2. The third kappa shape index (κ3) is 3.11. The minimum Gasteiger partial charge on any atom is -0.492 e. The lowest BCUT2D eigenvalue weighted by molar-refractivity contribution is -0.384. The van der Waals surface area contributed by atoms with Crippen molar-refractivity contribution in [1.82, 2.24) is 0 Å². The molecule has 0 unspecified atom stereocenters. The first kappa shape index (κ1) is 14.9. The maximum Gasteiger partial charge on any atom is 0.269 e. The monoisotopic (exact) mass is 313 g/mol. The smallest absolute Gasteiger partial charge is 0.269 e. The third-order valence-electron chi connectivity index (χ3n) is 3.55. The molecule has 0 atom stereocenters. The van der Waals surface area contributed by atoms with Crippen molar-refractivity contribution < 1.29 is 18.8 Å². The largest absolute Gasteiger partial charge is 0.492 e. The lowest BCUT2D eigenvalue weighted by atomic mass is 9.99. The standard InChI is InChI=1S/C17H12FNO4/c18-13-3-6-16-15(10-13)17(20)12(7-8-23-16)9-11-1-4-14(5-2-11)19(21)22/h1-6,9-10H,7-8H2. The molecule has 1 aliphatic heterocycles. The van der Waals surface area contributed by atoms with E-state index < -0.39 is 10.7 Å². The minimum atomic E-state index is -0.503. The maximum absolute atomic E-state index is 13.4. The van der Waals surface area contributed by atoms with Crippen molar-refractivity contribution in [3.8, 4) is 5.75 Å². The Morgan fingerprint density at radius 2 is 1.91 bits per heavy atom. The highest BCUT2D eigenvalue weighted by Gasteiger charge is 2.21. The van der Waals surface area contributed by atoms with Gasteiger partial charge >= 0.3 is 0 Å². The van der Waals surface area contributed by atoms with Crippen molar-refractivity contribution in [3.63, 3.8) is 0 Å². The fraction of sp³-hybridized carbons (Fsp3) is 0.118. The second-order valence-corrected chi connectivity index (χ2v) is 5.09. The SMILES string of the molecule is O=C1C(=Cc2ccc([N+](=O)[O-])cc2)CCOc2ccc(F)cc21. The number of nitro benzene ring substituents is 1. The van der Waals surface area contributed by atoms with E-state index in [0.29, 0.717) is 29.9 Å². The first-order chi connectivity index (χ1) is 11.0. The number of carbonyl (C=O) groups excluding carboxylic acids is 1.